The fourth-order valence-corrected chi connectivity index (χ4v) is 3.88. The standard InChI is InChI=1S/C22H23FN4O3/c1-30-21(29)18-19(15-7-3-2-4-8-15)24-22(25-20(18)28)27-13-11-26(12-14-27)17-10-6-5-9-16(17)23/h2-10,18-19H,11-14H2,1H3,(H,24,25,28). The first-order chi connectivity index (χ1) is 14.6. The van der Waals surface area contributed by atoms with Crippen molar-refractivity contribution in [1.82, 2.24) is 10.2 Å². The molecule has 0 aliphatic carbocycles. The van der Waals surface area contributed by atoms with E-state index in [1.165, 1.54) is 13.2 Å². The molecule has 156 valence electrons. The predicted molar refractivity (Wildman–Crippen MR) is 110 cm³/mol. The zero-order valence-corrected chi connectivity index (χ0v) is 16.6. The maximum absolute atomic E-state index is 14.1. The highest BCUT2D eigenvalue weighted by Crippen LogP contribution is 2.31. The van der Waals surface area contributed by atoms with Gasteiger partial charge in [-0.25, -0.2) is 9.38 Å². The first-order valence-electron chi connectivity index (χ1n) is 9.84. The zero-order chi connectivity index (χ0) is 21.1. The number of nitrogens with zero attached hydrogens (tertiary/aromatic N) is 3. The molecule has 2 atom stereocenters. The first kappa shape index (κ1) is 19.9. The highest BCUT2D eigenvalue weighted by Gasteiger charge is 2.42. The number of carbonyl (C=O) groups is 2. The lowest BCUT2D eigenvalue weighted by atomic mass is 9.91. The number of hydrogen-bond acceptors (Lipinski definition) is 6. The molecule has 0 saturated carbocycles. The van der Waals surface area contributed by atoms with Gasteiger partial charge < -0.3 is 14.5 Å². The number of anilines is 1. The molecular formula is C22H23FN4O3. The lowest BCUT2D eigenvalue weighted by Crippen LogP contribution is -2.57. The van der Waals surface area contributed by atoms with E-state index < -0.39 is 23.8 Å². The molecule has 2 aliphatic rings. The normalized spacial score (nSPS) is 21.7. The molecule has 2 aliphatic heterocycles. The van der Waals surface area contributed by atoms with Gasteiger partial charge in [-0.05, 0) is 17.7 Å². The molecule has 8 heteroatoms. The lowest BCUT2D eigenvalue weighted by molar-refractivity contribution is -0.151. The van der Waals surface area contributed by atoms with E-state index in [2.05, 4.69) is 5.32 Å². The number of benzene rings is 2. The Kier molecular flexibility index (Phi) is 5.65. The molecule has 1 N–H and O–H groups in total. The minimum atomic E-state index is -1.04. The number of methoxy groups -OCH3 is 1. The molecule has 1 amide bonds. The number of esters is 1. The summed E-state index contributed by atoms with van der Waals surface area (Å²) in [4.78, 5) is 33.7. The quantitative estimate of drug-likeness (QED) is 0.619. The van der Waals surface area contributed by atoms with E-state index >= 15 is 0 Å². The van der Waals surface area contributed by atoms with Crippen LogP contribution in [0.2, 0.25) is 0 Å². The van der Waals surface area contributed by atoms with Gasteiger partial charge in [-0.2, -0.15) is 0 Å². The van der Waals surface area contributed by atoms with Crippen LogP contribution in [0.1, 0.15) is 11.6 Å². The maximum Gasteiger partial charge on any atom is 0.320 e. The van der Waals surface area contributed by atoms with Crippen molar-refractivity contribution >= 4 is 23.5 Å². The number of carbonyl (C=O) groups excluding carboxylic acids is 2. The van der Waals surface area contributed by atoms with Gasteiger partial charge in [0.25, 0.3) is 0 Å². The average molecular weight is 410 g/mol. The van der Waals surface area contributed by atoms with E-state index in [0.717, 1.165) is 5.56 Å². The molecule has 1 fully saturated rings. The van der Waals surface area contributed by atoms with Gasteiger partial charge in [-0.1, -0.05) is 42.5 Å². The van der Waals surface area contributed by atoms with Crippen molar-refractivity contribution in [3.05, 3.63) is 66.0 Å². The Bertz CT molecular complexity index is 958. The van der Waals surface area contributed by atoms with Gasteiger partial charge in [-0.15, -0.1) is 0 Å². The van der Waals surface area contributed by atoms with Crippen LogP contribution in [0.15, 0.2) is 59.6 Å². The van der Waals surface area contributed by atoms with Crippen LogP contribution in [-0.4, -0.2) is 56.0 Å². The number of nitrogens with one attached hydrogen (secondary N) is 1. The van der Waals surface area contributed by atoms with Crippen LogP contribution in [0.5, 0.6) is 0 Å². The zero-order valence-electron chi connectivity index (χ0n) is 16.6. The van der Waals surface area contributed by atoms with Crippen LogP contribution in [0.3, 0.4) is 0 Å². The fourth-order valence-electron chi connectivity index (χ4n) is 3.88. The molecule has 30 heavy (non-hydrogen) atoms. The Labute approximate surface area is 174 Å². The SMILES string of the molecule is COC(=O)C1C(=O)NC(N2CCN(c3ccccc3F)CC2)=NC1c1ccccc1. The van der Waals surface area contributed by atoms with Gasteiger partial charge in [-0.3, -0.25) is 14.9 Å². The number of piperazine rings is 1. The van der Waals surface area contributed by atoms with E-state index in [1.54, 1.807) is 12.1 Å². The number of ether oxygens (including phenoxy) is 1. The van der Waals surface area contributed by atoms with Crippen LogP contribution in [0, 0.1) is 11.7 Å². The Morgan fingerprint density at radius 1 is 1.03 bits per heavy atom. The molecule has 4 rings (SSSR count). The van der Waals surface area contributed by atoms with Crippen LogP contribution >= 0.6 is 0 Å². The second-order valence-corrected chi connectivity index (χ2v) is 7.22. The van der Waals surface area contributed by atoms with E-state index in [1.807, 2.05) is 46.2 Å². The summed E-state index contributed by atoms with van der Waals surface area (Å²) in [6.07, 6.45) is 0. The van der Waals surface area contributed by atoms with Crippen LogP contribution in [0.4, 0.5) is 10.1 Å². The molecule has 2 heterocycles. The molecule has 0 spiro atoms. The maximum atomic E-state index is 14.1. The Morgan fingerprint density at radius 2 is 1.67 bits per heavy atom. The number of rotatable bonds is 3. The summed E-state index contributed by atoms with van der Waals surface area (Å²) in [5.74, 6) is -1.91. The van der Waals surface area contributed by atoms with Crippen molar-refractivity contribution in [2.75, 3.05) is 38.2 Å². The molecule has 2 aromatic carbocycles. The van der Waals surface area contributed by atoms with Crippen LogP contribution in [-0.2, 0) is 14.3 Å². The molecule has 7 nitrogen and oxygen atoms in total. The summed E-state index contributed by atoms with van der Waals surface area (Å²) < 4.78 is 18.9. The van der Waals surface area contributed by atoms with Gasteiger partial charge in [0.15, 0.2) is 5.92 Å². The highest BCUT2D eigenvalue weighted by molar-refractivity contribution is 6.08. The van der Waals surface area contributed by atoms with E-state index in [4.69, 9.17) is 9.73 Å². The number of hydrogen-bond donors (Lipinski definition) is 1. The van der Waals surface area contributed by atoms with Crippen molar-refractivity contribution in [3.8, 4) is 0 Å². The minimum absolute atomic E-state index is 0.251. The van der Waals surface area contributed by atoms with E-state index in [0.29, 0.717) is 37.8 Å². The van der Waals surface area contributed by atoms with Crippen LogP contribution in [0.25, 0.3) is 0 Å². The first-order valence-corrected chi connectivity index (χ1v) is 9.84. The largest absolute Gasteiger partial charge is 0.468 e. The van der Waals surface area contributed by atoms with Crippen molar-refractivity contribution in [2.45, 2.75) is 6.04 Å². The number of aliphatic imine (C=N–C) groups is 1. The monoisotopic (exact) mass is 410 g/mol. The summed E-state index contributed by atoms with van der Waals surface area (Å²) in [5.41, 5.74) is 1.34. The fraction of sp³-hybridized carbons (Fsp3) is 0.318. The molecule has 0 bridgehead atoms. The molecular weight excluding hydrogens is 387 g/mol. The third-order valence-electron chi connectivity index (χ3n) is 5.46. The second-order valence-electron chi connectivity index (χ2n) is 7.22. The number of halogens is 1. The highest BCUT2D eigenvalue weighted by atomic mass is 19.1. The lowest BCUT2D eigenvalue weighted by Gasteiger charge is -2.39. The summed E-state index contributed by atoms with van der Waals surface area (Å²) in [6.45, 7) is 2.31. The smallest absolute Gasteiger partial charge is 0.320 e. The van der Waals surface area contributed by atoms with E-state index in [-0.39, 0.29) is 5.82 Å². The summed E-state index contributed by atoms with van der Waals surface area (Å²) >= 11 is 0. The third kappa shape index (κ3) is 3.85. The molecule has 0 radical (unpaired) electrons. The number of amides is 1. The van der Waals surface area contributed by atoms with Crippen LogP contribution < -0.4 is 10.2 Å². The number of para-hydroxylation sites is 1. The van der Waals surface area contributed by atoms with Crippen molar-refractivity contribution in [3.63, 3.8) is 0 Å². The Morgan fingerprint density at radius 3 is 2.33 bits per heavy atom. The molecule has 0 aromatic heterocycles. The van der Waals surface area contributed by atoms with Crippen molar-refractivity contribution in [1.29, 1.82) is 0 Å². The topological polar surface area (TPSA) is 74.2 Å². The summed E-state index contributed by atoms with van der Waals surface area (Å²) in [7, 11) is 1.26. The summed E-state index contributed by atoms with van der Waals surface area (Å²) in [5, 5.41) is 2.76. The third-order valence-corrected chi connectivity index (χ3v) is 5.46. The van der Waals surface area contributed by atoms with Crippen molar-refractivity contribution in [2.24, 2.45) is 10.9 Å². The Balaban J connectivity index is 1.55. The van der Waals surface area contributed by atoms with Gasteiger partial charge in [0.1, 0.15) is 11.9 Å². The Hall–Kier alpha value is -3.42. The van der Waals surface area contributed by atoms with Gasteiger partial charge in [0.2, 0.25) is 11.9 Å². The molecule has 1 saturated heterocycles. The number of guanidine groups is 1. The van der Waals surface area contributed by atoms with Crippen molar-refractivity contribution < 1.29 is 18.7 Å². The average Bonchev–Trinajstić information content (AvgIpc) is 2.79. The minimum Gasteiger partial charge on any atom is -0.468 e. The molecule has 2 aromatic rings. The molecule has 2 unspecified atom stereocenters. The summed E-state index contributed by atoms with van der Waals surface area (Å²) in [6, 6.07) is 15.3. The van der Waals surface area contributed by atoms with Gasteiger partial charge >= 0.3 is 5.97 Å². The van der Waals surface area contributed by atoms with Gasteiger partial charge in [0.05, 0.1) is 12.8 Å². The second kappa shape index (κ2) is 8.52. The van der Waals surface area contributed by atoms with Gasteiger partial charge in [0, 0.05) is 26.2 Å². The predicted octanol–water partition coefficient (Wildman–Crippen LogP) is 1.96. The van der Waals surface area contributed by atoms with E-state index in [9.17, 15) is 14.0 Å².